The van der Waals surface area contributed by atoms with Crippen LogP contribution in [0.15, 0.2) is 48.5 Å². The third-order valence-electron chi connectivity index (χ3n) is 4.76. The van der Waals surface area contributed by atoms with Crippen LogP contribution in [-0.4, -0.2) is 32.3 Å². The molecular formula is C19H19ClN4O. The van der Waals surface area contributed by atoms with Gasteiger partial charge in [-0.15, -0.1) is 5.10 Å². The molecule has 0 saturated carbocycles. The van der Waals surface area contributed by atoms with Gasteiger partial charge in [-0.3, -0.25) is 4.79 Å². The minimum Gasteiger partial charge on any atom is -0.334 e. The predicted octanol–water partition coefficient (Wildman–Crippen LogP) is 3.84. The lowest BCUT2D eigenvalue weighted by Crippen LogP contribution is -2.40. The van der Waals surface area contributed by atoms with Crippen molar-refractivity contribution in [1.29, 1.82) is 0 Å². The maximum absolute atomic E-state index is 13.0. The van der Waals surface area contributed by atoms with Crippen molar-refractivity contribution >= 4 is 28.5 Å². The van der Waals surface area contributed by atoms with E-state index in [0.29, 0.717) is 5.02 Å². The van der Waals surface area contributed by atoms with E-state index < -0.39 is 0 Å². The summed E-state index contributed by atoms with van der Waals surface area (Å²) in [6, 6.07) is 15.6. The molecule has 0 bridgehead atoms. The van der Waals surface area contributed by atoms with E-state index in [2.05, 4.69) is 10.3 Å². The lowest BCUT2D eigenvalue weighted by atomic mass is 9.95. The summed E-state index contributed by atoms with van der Waals surface area (Å²) in [6.45, 7) is 0.972. The molecule has 2 aromatic carbocycles. The summed E-state index contributed by atoms with van der Waals surface area (Å²) in [5.74, 6) is 0.0697. The first-order valence-corrected chi connectivity index (χ1v) is 8.93. The number of rotatable bonds is 3. The zero-order chi connectivity index (χ0) is 17.2. The molecule has 0 radical (unpaired) electrons. The smallest absolute Gasteiger partial charge is 0.244 e. The van der Waals surface area contributed by atoms with Crippen molar-refractivity contribution < 1.29 is 4.79 Å². The molecule has 6 heteroatoms. The predicted molar refractivity (Wildman–Crippen MR) is 97.3 cm³/mol. The fraction of sp³-hybridized carbons (Fsp3) is 0.316. The van der Waals surface area contributed by atoms with Crippen molar-refractivity contribution in [1.82, 2.24) is 19.9 Å². The van der Waals surface area contributed by atoms with Gasteiger partial charge in [-0.2, -0.15) is 0 Å². The second-order valence-corrected chi connectivity index (χ2v) is 6.83. The highest BCUT2D eigenvalue weighted by Crippen LogP contribution is 2.32. The lowest BCUT2D eigenvalue weighted by Gasteiger charge is -2.36. The number of carbonyl (C=O) groups excluding carboxylic acids is 1. The third kappa shape index (κ3) is 3.24. The average molecular weight is 355 g/mol. The molecule has 128 valence electrons. The molecule has 0 aliphatic carbocycles. The van der Waals surface area contributed by atoms with Crippen molar-refractivity contribution in [2.75, 3.05) is 6.54 Å². The van der Waals surface area contributed by atoms with Gasteiger partial charge in [-0.05, 0) is 49.1 Å². The van der Waals surface area contributed by atoms with Crippen LogP contribution in [0.5, 0.6) is 0 Å². The Bertz CT molecular complexity index is 907. The monoisotopic (exact) mass is 354 g/mol. The largest absolute Gasteiger partial charge is 0.334 e. The summed E-state index contributed by atoms with van der Waals surface area (Å²) >= 11 is 6.15. The van der Waals surface area contributed by atoms with Crippen molar-refractivity contribution in [2.45, 2.75) is 31.8 Å². The molecule has 1 amide bonds. The summed E-state index contributed by atoms with van der Waals surface area (Å²) in [5.41, 5.74) is 2.79. The zero-order valence-corrected chi connectivity index (χ0v) is 14.6. The Morgan fingerprint density at radius 2 is 2.04 bits per heavy atom. The standard InChI is InChI=1S/C19H19ClN4O/c20-15-7-5-6-14(12-15)17-9-3-4-11-23(17)19(25)13-24-18-10-2-1-8-16(18)21-22-24/h1-2,5-8,10,12,17H,3-4,9,11,13H2. The van der Waals surface area contributed by atoms with Crippen LogP contribution in [-0.2, 0) is 11.3 Å². The van der Waals surface area contributed by atoms with E-state index in [-0.39, 0.29) is 18.5 Å². The summed E-state index contributed by atoms with van der Waals surface area (Å²) in [7, 11) is 0. The Balaban J connectivity index is 1.59. The molecule has 1 aromatic heterocycles. The number of hydrogen-bond acceptors (Lipinski definition) is 3. The molecule has 2 heterocycles. The van der Waals surface area contributed by atoms with Crippen molar-refractivity contribution in [3.8, 4) is 0 Å². The van der Waals surface area contributed by atoms with E-state index in [1.807, 2.05) is 53.4 Å². The van der Waals surface area contributed by atoms with E-state index in [1.165, 1.54) is 0 Å². The van der Waals surface area contributed by atoms with Crippen LogP contribution in [0.25, 0.3) is 11.0 Å². The molecule has 4 rings (SSSR count). The molecule has 1 fully saturated rings. The lowest BCUT2D eigenvalue weighted by molar-refractivity contribution is -0.135. The number of fused-ring (bicyclic) bond motifs is 1. The Hall–Kier alpha value is -2.40. The Morgan fingerprint density at radius 1 is 1.16 bits per heavy atom. The summed E-state index contributed by atoms with van der Waals surface area (Å²) in [5, 5.41) is 8.98. The van der Waals surface area contributed by atoms with Crippen LogP contribution in [0.2, 0.25) is 5.02 Å². The van der Waals surface area contributed by atoms with E-state index in [9.17, 15) is 4.79 Å². The van der Waals surface area contributed by atoms with Gasteiger partial charge in [0.2, 0.25) is 5.91 Å². The van der Waals surface area contributed by atoms with Gasteiger partial charge >= 0.3 is 0 Å². The number of nitrogens with zero attached hydrogens (tertiary/aromatic N) is 4. The summed E-state index contributed by atoms with van der Waals surface area (Å²) < 4.78 is 1.68. The first-order chi connectivity index (χ1) is 12.2. The number of hydrogen-bond donors (Lipinski definition) is 0. The van der Waals surface area contributed by atoms with Crippen LogP contribution in [0, 0.1) is 0 Å². The van der Waals surface area contributed by atoms with Crippen LogP contribution in [0.3, 0.4) is 0 Å². The van der Waals surface area contributed by atoms with Crippen molar-refractivity contribution in [3.05, 3.63) is 59.1 Å². The second kappa shape index (κ2) is 6.84. The van der Waals surface area contributed by atoms with E-state index in [1.54, 1.807) is 4.68 Å². The van der Waals surface area contributed by atoms with Crippen molar-refractivity contribution in [2.24, 2.45) is 0 Å². The summed E-state index contributed by atoms with van der Waals surface area (Å²) in [4.78, 5) is 14.9. The number of para-hydroxylation sites is 1. The van der Waals surface area contributed by atoms with E-state index >= 15 is 0 Å². The summed E-state index contributed by atoms with van der Waals surface area (Å²) in [6.07, 6.45) is 3.11. The molecule has 0 N–H and O–H groups in total. The van der Waals surface area contributed by atoms with Crippen LogP contribution >= 0.6 is 11.6 Å². The number of amides is 1. The van der Waals surface area contributed by atoms with E-state index in [0.717, 1.165) is 42.4 Å². The van der Waals surface area contributed by atoms with Gasteiger partial charge in [0, 0.05) is 11.6 Å². The van der Waals surface area contributed by atoms with Gasteiger partial charge in [-0.1, -0.05) is 41.1 Å². The number of piperidine rings is 1. The van der Waals surface area contributed by atoms with Crippen LogP contribution in [0.1, 0.15) is 30.9 Å². The molecule has 1 unspecified atom stereocenters. The number of likely N-dealkylation sites (tertiary alicyclic amines) is 1. The normalized spacial score (nSPS) is 17.8. The van der Waals surface area contributed by atoms with Gasteiger partial charge in [0.15, 0.2) is 0 Å². The fourth-order valence-electron chi connectivity index (χ4n) is 3.54. The van der Waals surface area contributed by atoms with E-state index in [4.69, 9.17) is 11.6 Å². The molecule has 1 saturated heterocycles. The van der Waals surface area contributed by atoms with Crippen molar-refractivity contribution in [3.63, 3.8) is 0 Å². The number of benzene rings is 2. The second-order valence-electron chi connectivity index (χ2n) is 6.39. The van der Waals surface area contributed by atoms with Crippen LogP contribution < -0.4 is 0 Å². The highest BCUT2D eigenvalue weighted by molar-refractivity contribution is 6.30. The molecule has 5 nitrogen and oxygen atoms in total. The molecule has 1 aliphatic heterocycles. The molecular weight excluding hydrogens is 336 g/mol. The highest BCUT2D eigenvalue weighted by Gasteiger charge is 2.28. The maximum atomic E-state index is 13.0. The third-order valence-corrected chi connectivity index (χ3v) is 5.00. The topological polar surface area (TPSA) is 51.0 Å². The zero-order valence-electron chi connectivity index (χ0n) is 13.8. The van der Waals surface area contributed by atoms with Gasteiger partial charge in [0.05, 0.1) is 11.6 Å². The Kier molecular flexibility index (Phi) is 4.40. The minimum atomic E-state index is 0.0697. The molecule has 3 aromatic rings. The minimum absolute atomic E-state index is 0.0697. The maximum Gasteiger partial charge on any atom is 0.244 e. The first kappa shape index (κ1) is 16.1. The molecule has 0 spiro atoms. The van der Waals surface area contributed by atoms with Crippen LogP contribution in [0.4, 0.5) is 0 Å². The first-order valence-electron chi connectivity index (χ1n) is 8.55. The highest BCUT2D eigenvalue weighted by atomic mass is 35.5. The number of halogens is 1. The molecule has 1 atom stereocenters. The Labute approximate surface area is 151 Å². The average Bonchev–Trinajstić information content (AvgIpc) is 3.05. The number of aromatic nitrogens is 3. The quantitative estimate of drug-likeness (QED) is 0.718. The molecule has 1 aliphatic rings. The van der Waals surface area contributed by atoms with Gasteiger partial charge < -0.3 is 4.90 Å². The van der Waals surface area contributed by atoms with Gasteiger partial charge in [-0.25, -0.2) is 4.68 Å². The fourth-order valence-corrected chi connectivity index (χ4v) is 3.74. The Morgan fingerprint density at radius 3 is 2.92 bits per heavy atom. The number of carbonyl (C=O) groups is 1. The SMILES string of the molecule is O=C(Cn1nnc2ccccc21)N1CCCCC1c1cccc(Cl)c1. The van der Waals surface area contributed by atoms with Gasteiger partial charge in [0.25, 0.3) is 0 Å². The molecule has 25 heavy (non-hydrogen) atoms. The van der Waals surface area contributed by atoms with Gasteiger partial charge in [0.1, 0.15) is 12.1 Å².